The van der Waals surface area contributed by atoms with Gasteiger partial charge in [0.1, 0.15) is 24.4 Å². The monoisotopic (exact) mass is 205 g/mol. The molecule has 5 atom stereocenters. The molecule has 2 rings (SSSR count). The van der Waals surface area contributed by atoms with Crippen LogP contribution in [0.25, 0.3) is 0 Å². The first-order chi connectivity index (χ1) is 6.63. The summed E-state index contributed by atoms with van der Waals surface area (Å²) in [6.45, 7) is -0.519. The zero-order valence-electron chi connectivity index (χ0n) is 7.16. The minimum Gasteiger partial charge on any atom is -0.417 e. The van der Waals surface area contributed by atoms with Gasteiger partial charge in [-0.25, -0.2) is 4.79 Å². The fourth-order valence-corrected chi connectivity index (χ4v) is 1.64. The Morgan fingerprint density at radius 1 is 1.57 bits per heavy atom. The molecule has 0 aromatic carbocycles. The molecule has 0 aromatic heterocycles. The predicted molar refractivity (Wildman–Crippen MR) is 41.2 cm³/mol. The number of carbonyl (C=O) groups is 1. The third-order valence-corrected chi connectivity index (χ3v) is 2.36. The predicted octanol–water partition coefficient (Wildman–Crippen LogP) is -2.47. The van der Waals surface area contributed by atoms with E-state index in [1.165, 1.54) is 0 Å². The Morgan fingerprint density at radius 2 is 2.29 bits per heavy atom. The molecule has 7 heteroatoms. The molecule has 0 radical (unpaired) electrons. The molecular weight excluding hydrogens is 194 g/mol. The Balaban J connectivity index is 2.05. The Labute approximate surface area is 79.2 Å². The summed E-state index contributed by atoms with van der Waals surface area (Å²) in [5.41, 5.74) is 0. The van der Waals surface area contributed by atoms with Crippen LogP contribution in [0.3, 0.4) is 0 Å². The summed E-state index contributed by atoms with van der Waals surface area (Å²) < 4.78 is 9.71. The summed E-state index contributed by atoms with van der Waals surface area (Å²) in [4.78, 5) is 10.7. The number of alkyl carbamates (subject to hydrolysis) is 1. The lowest BCUT2D eigenvalue weighted by atomic mass is 10.1. The number of nitrogens with one attached hydrogen (secondary N) is 1. The summed E-state index contributed by atoms with van der Waals surface area (Å²) >= 11 is 0. The zero-order valence-corrected chi connectivity index (χ0v) is 7.16. The van der Waals surface area contributed by atoms with Crippen LogP contribution >= 0.6 is 0 Å². The van der Waals surface area contributed by atoms with Crippen molar-refractivity contribution in [2.45, 2.75) is 30.6 Å². The van der Waals surface area contributed by atoms with Crippen molar-refractivity contribution in [1.82, 2.24) is 5.32 Å². The zero-order chi connectivity index (χ0) is 10.3. The Hall–Kier alpha value is -0.890. The van der Waals surface area contributed by atoms with Gasteiger partial charge in [0.2, 0.25) is 6.29 Å². The van der Waals surface area contributed by atoms with E-state index < -0.39 is 43.3 Å². The van der Waals surface area contributed by atoms with E-state index >= 15 is 0 Å². The number of ether oxygens (including phenoxy) is 2. The number of hydrogen-bond donors (Lipinski definition) is 4. The highest BCUT2D eigenvalue weighted by Crippen LogP contribution is 2.27. The Kier molecular flexibility index (Phi) is 2.31. The number of aliphatic hydroxyl groups excluding tert-OH is 3. The van der Waals surface area contributed by atoms with E-state index in [-0.39, 0.29) is 0 Å². The maximum absolute atomic E-state index is 10.7. The fourth-order valence-electron chi connectivity index (χ4n) is 1.64. The van der Waals surface area contributed by atoms with Crippen molar-refractivity contribution >= 4 is 6.09 Å². The molecule has 0 bridgehead atoms. The van der Waals surface area contributed by atoms with Gasteiger partial charge in [-0.3, -0.25) is 0 Å². The first-order valence-electron chi connectivity index (χ1n) is 4.23. The summed E-state index contributed by atoms with van der Waals surface area (Å²) in [6, 6.07) is -0.673. The van der Waals surface area contributed by atoms with Crippen molar-refractivity contribution in [2.75, 3.05) is 6.61 Å². The lowest BCUT2D eigenvalue weighted by molar-refractivity contribution is -0.132. The van der Waals surface area contributed by atoms with Crippen LogP contribution in [0.15, 0.2) is 0 Å². The number of aliphatic hydroxyl groups is 3. The van der Waals surface area contributed by atoms with Crippen molar-refractivity contribution < 1.29 is 29.6 Å². The number of carbonyl (C=O) groups excluding carboxylic acids is 1. The largest absolute Gasteiger partial charge is 0.417 e. The van der Waals surface area contributed by atoms with Crippen LogP contribution in [0.4, 0.5) is 4.79 Å². The molecule has 0 spiro atoms. The van der Waals surface area contributed by atoms with Crippen LogP contribution < -0.4 is 5.32 Å². The molecule has 4 N–H and O–H groups in total. The van der Waals surface area contributed by atoms with Gasteiger partial charge < -0.3 is 30.1 Å². The second kappa shape index (κ2) is 3.35. The van der Waals surface area contributed by atoms with E-state index in [0.717, 1.165) is 0 Å². The minimum atomic E-state index is -1.18. The van der Waals surface area contributed by atoms with Crippen LogP contribution in [-0.2, 0) is 9.47 Å². The molecule has 14 heavy (non-hydrogen) atoms. The first-order valence-corrected chi connectivity index (χ1v) is 4.23. The molecule has 7 nitrogen and oxygen atoms in total. The summed E-state index contributed by atoms with van der Waals surface area (Å²) in [7, 11) is 0. The van der Waals surface area contributed by atoms with E-state index in [2.05, 4.69) is 10.1 Å². The van der Waals surface area contributed by atoms with Gasteiger partial charge in [-0.1, -0.05) is 0 Å². The minimum absolute atomic E-state index is 0.519. The van der Waals surface area contributed by atoms with Crippen molar-refractivity contribution in [1.29, 1.82) is 0 Å². The number of rotatable bonds is 2. The smallest absolute Gasteiger partial charge is 0.410 e. The van der Waals surface area contributed by atoms with Crippen molar-refractivity contribution in [2.24, 2.45) is 0 Å². The van der Waals surface area contributed by atoms with Crippen molar-refractivity contribution in [3.8, 4) is 0 Å². The van der Waals surface area contributed by atoms with E-state index in [9.17, 15) is 15.0 Å². The maximum Gasteiger partial charge on any atom is 0.410 e. The van der Waals surface area contributed by atoms with Gasteiger partial charge in [0.25, 0.3) is 0 Å². The molecule has 80 valence electrons. The average Bonchev–Trinajstić information content (AvgIpc) is 2.64. The average molecular weight is 205 g/mol. The maximum atomic E-state index is 10.7. The summed E-state index contributed by atoms with van der Waals surface area (Å²) in [5.74, 6) is 0. The highest BCUT2D eigenvalue weighted by molar-refractivity contribution is 5.70. The molecule has 2 fully saturated rings. The molecule has 2 saturated heterocycles. The van der Waals surface area contributed by atoms with Gasteiger partial charge in [0.05, 0.1) is 6.61 Å². The molecule has 5 unspecified atom stereocenters. The van der Waals surface area contributed by atoms with Crippen molar-refractivity contribution in [3.63, 3.8) is 0 Å². The number of hydrogen-bond acceptors (Lipinski definition) is 6. The number of fused-ring (bicyclic) bond motifs is 1. The quantitative estimate of drug-likeness (QED) is 0.398. The van der Waals surface area contributed by atoms with Gasteiger partial charge in [-0.2, -0.15) is 0 Å². The third kappa shape index (κ3) is 1.34. The van der Waals surface area contributed by atoms with Gasteiger partial charge >= 0.3 is 6.09 Å². The van der Waals surface area contributed by atoms with E-state index in [0.29, 0.717) is 0 Å². The highest BCUT2D eigenvalue weighted by Gasteiger charge is 2.52. The molecule has 1 amide bonds. The van der Waals surface area contributed by atoms with E-state index in [1.54, 1.807) is 0 Å². The van der Waals surface area contributed by atoms with E-state index in [1.807, 2.05) is 0 Å². The Bertz CT molecular complexity index is 246. The van der Waals surface area contributed by atoms with Gasteiger partial charge in [0, 0.05) is 0 Å². The van der Waals surface area contributed by atoms with E-state index in [4.69, 9.17) is 9.84 Å². The SMILES string of the molecule is O=C1NC2C(O1)OC(C(O)CO)C2O. The van der Waals surface area contributed by atoms with Crippen LogP contribution in [0.1, 0.15) is 0 Å². The molecule has 2 heterocycles. The highest BCUT2D eigenvalue weighted by atomic mass is 16.7. The molecule has 2 aliphatic rings. The standard InChI is InChI=1S/C7H11NO6/c9-1-2(10)5-4(11)3-6(13-5)14-7(12)8-3/h2-6,9-11H,1H2,(H,8,12). The summed E-state index contributed by atoms with van der Waals surface area (Å²) in [5, 5.41) is 29.8. The van der Waals surface area contributed by atoms with Gasteiger partial charge in [-0.15, -0.1) is 0 Å². The van der Waals surface area contributed by atoms with Gasteiger partial charge in [0.15, 0.2) is 0 Å². The Morgan fingerprint density at radius 3 is 2.86 bits per heavy atom. The van der Waals surface area contributed by atoms with Crippen LogP contribution in [0.2, 0.25) is 0 Å². The molecule has 2 aliphatic heterocycles. The van der Waals surface area contributed by atoms with Crippen LogP contribution in [0, 0.1) is 0 Å². The topological polar surface area (TPSA) is 108 Å². The normalized spacial score (nSPS) is 42.9. The lowest BCUT2D eigenvalue weighted by Gasteiger charge is -2.19. The molecule has 0 aromatic rings. The number of amides is 1. The van der Waals surface area contributed by atoms with Crippen molar-refractivity contribution in [3.05, 3.63) is 0 Å². The summed E-state index contributed by atoms with van der Waals surface area (Å²) in [6.07, 6.45) is -4.74. The molecule has 0 aliphatic carbocycles. The van der Waals surface area contributed by atoms with Crippen LogP contribution in [0.5, 0.6) is 0 Å². The fraction of sp³-hybridized carbons (Fsp3) is 0.857. The second-order valence-corrected chi connectivity index (χ2v) is 3.29. The second-order valence-electron chi connectivity index (χ2n) is 3.29. The molecular formula is C7H11NO6. The first kappa shape index (κ1) is 9.66. The van der Waals surface area contributed by atoms with Crippen LogP contribution in [-0.4, -0.2) is 58.7 Å². The lowest BCUT2D eigenvalue weighted by Crippen LogP contribution is -2.45. The third-order valence-electron chi connectivity index (χ3n) is 2.36. The molecule has 0 saturated carbocycles. The van der Waals surface area contributed by atoms with Gasteiger partial charge in [-0.05, 0) is 0 Å².